The summed E-state index contributed by atoms with van der Waals surface area (Å²) in [5.41, 5.74) is -1.07. The fourth-order valence-electron chi connectivity index (χ4n) is 4.50. The van der Waals surface area contributed by atoms with E-state index in [2.05, 4.69) is 0 Å². The summed E-state index contributed by atoms with van der Waals surface area (Å²) >= 11 is 0. The Bertz CT molecular complexity index is 904. The molecule has 1 aromatic carbocycles. The van der Waals surface area contributed by atoms with E-state index in [0.29, 0.717) is 18.4 Å². The van der Waals surface area contributed by atoms with Crippen molar-refractivity contribution in [2.45, 2.75) is 94.9 Å². The fourth-order valence-corrected chi connectivity index (χ4v) is 4.50. The number of hydrogen-bond acceptors (Lipinski definition) is 9. The van der Waals surface area contributed by atoms with Gasteiger partial charge in [-0.05, 0) is 36.6 Å². The lowest BCUT2D eigenvalue weighted by atomic mass is 9.79. The molecule has 3 rings (SSSR count). The van der Waals surface area contributed by atoms with E-state index in [4.69, 9.17) is 14.2 Å². The molecular weight excluding hydrogens is 444 g/mol. The summed E-state index contributed by atoms with van der Waals surface area (Å²) in [5, 5.41) is 39.9. The van der Waals surface area contributed by atoms with Crippen LogP contribution in [0.3, 0.4) is 0 Å². The van der Waals surface area contributed by atoms with E-state index < -0.39 is 41.6 Å². The van der Waals surface area contributed by atoms with Crippen LogP contribution in [0.4, 0.5) is 0 Å². The number of phenols is 2. The van der Waals surface area contributed by atoms with Crippen LogP contribution in [0.15, 0.2) is 24.3 Å². The van der Waals surface area contributed by atoms with Crippen molar-refractivity contribution in [3.05, 3.63) is 29.8 Å². The first-order valence-electron chi connectivity index (χ1n) is 11.8. The van der Waals surface area contributed by atoms with Crippen molar-refractivity contribution in [3.8, 4) is 11.5 Å². The second kappa shape index (κ2) is 10.8. The number of ether oxygens (including phenoxy) is 3. The minimum absolute atomic E-state index is 0.135. The Morgan fingerprint density at radius 3 is 2.41 bits per heavy atom. The van der Waals surface area contributed by atoms with Crippen molar-refractivity contribution in [1.29, 1.82) is 0 Å². The summed E-state index contributed by atoms with van der Waals surface area (Å²) in [6.45, 7) is 4.06. The van der Waals surface area contributed by atoms with Gasteiger partial charge in [0, 0.05) is 31.8 Å². The number of hydrogen-bond donors (Lipinski definition) is 4. The van der Waals surface area contributed by atoms with Gasteiger partial charge in [-0.25, -0.2) is 9.59 Å². The van der Waals surface area contributed by atoms with Gasteiger partial charge in [0.1, 0.15) is 12.2 Å². The summed E-state index contributed by atoms with van der Waals surface area (Å²) < 4.78 is 17.4. The molecule has 0 aromatic heterocycles. The van der Waals surface area contributed by atoms with Crippen LogP contribution in [0.2, 0.25) is 0 Å². The summed E-state index contributed by atoms with van der Waals surface area (Å²) in [7, 11) is 0. The molecule has 1 saturated heterocycles. The molecule has 0 amide bonds. The van der Waals surface area contributed by atoms with Crippen molar-refractivity contribution in [2.24, 2.45) is 0 Å². The molecular formula is C25H34O9. The number of carbonyl (C=O) groups excluding carboxylic acids is 2. The van der Waals surface area contributed by atoms with Gasteiger partial charge in [-0.15, -0.1) is 0 Å². The maximum absolute atomic E-state index is 13.0. The Morgan fingerprint density at radius 2 is 1.79 bits per heavy atom. The third kappa shape index (κ3) is 5.71. The molecule has 34 heavy (non-hydrogen) atoms. The molecule has 188 valence electrons. The smallest absolute Gasteiger partial charge is 0.341 e. The van der Waals surface area contributed by atoms with Crippen molar-refractivity contribution < 1.29 is 44.2 Å². The van der Waals surface area contributed by atoms with E-state index in [-0.39, 0.29) is 24.3 Å². The van der Waals surface area contributed by atoms with Crippen molar-refractivity contribution >= 4 is 18.0 Å². The minimum atomic E-state index is -1.50. The van der Waals surface area contributed by atoms with Gasteiger partial charge in [-0.2, -0.15) is 0 Å². The summed E-state index contributed by atoms with van der Waals surface area (Å²) in [4.78, 5) is 25.4. The zero-order valence-corrected chi connectivity index (χ0v) is 19.6. The number of cyclic esters (lactones) is 1. The van der Waals surface area contributed by atoms with Crippen LogP contribution in [0.25, 0.3) is 6.08 Å². The number of esters is 2. The Hall–Kier alpha value is -2.62. The molecule has 4 N–H and O–H groups in total. The topological polar surface area (TPSA) is 143 Å². The van der Waals surface area contributed by atoms with E-state index in [9.17, 15) is 30.0 Å². The van der Waals surface area contributed by atoms with Gasteiger partial charge in [0.15, 0.2) is 17.1 Å². The first kappa shape index (κ1) is 26.0. The molecule has 0 bridgehead atoms. The molecule has 0 radical (unpaired) electrons. The van der Waals surface area contributed by atoms with Crippen molar-refractivity contribution in [2.75, 3.05) is 0 Å². The zero-order valence-electron chi connectivity index (χ0n) is 19.6. The van der Waals surface area contributed by atoms with Gasteiger partial charge in [-0.1, -0.05) is 32.8 Å². The van der Waals surface area contributed by atoms with Crippen LogP contribution in [0, 0.1) is 0 Å². The second-order valence-corrected chi connectivity index (χ2v) is 9.13. The number of aliphatic hydroxyl groups is 2. The number of aromatic hydroxyl groups is 2. The Morgan fingerprint density at radius 1 is 1.12 bits per heavy atom. The average Bonchev–Trinajstić information content (AvgIpc) is 3.06. The number of benzene rings is 1. The minimum Gasteiger partial charge on any atom is -0.504 e. The quantitative estimate of drug-likeness (QED) is 0.239. The highest BCUT2D eigenvalue weighted by Gasteiger charge is 2.62. The molecule has 1 aromatic rings. The van der Waals surface area contributed by atoms with E-state index >= 15 is 0 Å². The lowest BCUT2D eigenvalue weighted by molar-refractivity contribution is -0.227. The lowest BCUT2D eigenvalue weighted by Gasteiger charge is -2.40. The summed E-state index contributed by atoms with van der Waals surface area (Å²) in [5.74, 6) is -3.13. The monoisotopic (exact) mass is 478 g/mol. The fraction of sp³-hybridized carbons (Fsp3) is 0.600. The van der Waals surface area contributed by atoms with Crippen LogP contribution < -0.4 is 0 Å². The molecule has 1 aliphatic heterocycles. The van der Waals surface area contributed by atoms with Gasteiger partial charge >= 0.3 is 11.9 Å². The van der Waals surface area contributed by atoms with Crippen LogP contribution in [0.5, 0.6) is 11.5 Å². The average molecular weight is 479 g/mol. The first-order chi connectivity index (χ1) is 16.1. The van der Waals surface area contributed by atoms with Gasteiger partial charge < -0.3 is 34.6 Å². The van der Waals surface area contributed by atoms with Crippen LogP contribution >= 0.6 is 0 Å². The molecule has 1 aliphatic carbocycles. The number of phenolic OH excluding ortho intramolecular Hbond substituents is 2. The van der Waals surface area contributed by atoms with E-state index in [1.807, 2.05) is 13.8 Å². The highest BCUT2D eigenvalue weighted by Crippen LogP contribution is 2.47. The van der Waals surface area contributed by atoms with Gasteiger partial charge in [0.25, 0.3) is 0 Å². The largest absolute Gasteiger partial charge is 0.504 e. The van der Waals surface area contributed by atoms with E-state index in [0.717, 1.165) is 31.8 Å². The van der Waals surface area contributed by atoms with E-state index in [1.165, 1.54) is 24.3 Å². The van der Waals surface area contributed by atoms with Gasteiger partial charge in [0.05, 0.1) is 6.10 Å². The highest BCUT2D eigenvalue weighted by molar-refractivity contribution is 5.87. The van der Waals surface area contributed by atoms with Gasteiger partial charge in [0.2, 0.25) is 5.79 Å². The van der Waals surface area contributed by atoms with Crippen molar-refractivity contribution in [3.63, 3.8) is 0 Å². The lowest BCUT2D eigenvalue weighted by Crippen LogP contribution is -2.56. The third-order valence-corrected chi connectivity index (χ3v) is 6.38. The summed E-state index contributed by atoms with van der Waals surface area (Å²) in [6, 6.07) is 4.03. The van der Waals surface area contributed by atoms with Crippen LogP contribution in [-0.2, 0) is 23.8 Å². The maximum atomic E-state index is 13.0. The number of unbranched alkanes of at least 4 members (excludes halogenated alkanes) is 2. The Labute approximate surface area is 199 Å². The Balaban J connectivity index is 1.74. The SMILES string of the molecule is CCCCC1(CCCC)OC(=O)[C@]2(C[C@@H](O)[C@H](O)[C@H](OC(=O)/C=C/c3ccc(O)c(O)c3)C2)O1. The first-order valence-corrected chi connectivity index (χ1v) is 11.8. The van der Waals surface area contributed by atoms with E-state index in [1.54, 1.807) is 0 Å². The number of carbonyl (C=O) groups is 2. The van der Waals surface area contributed by atoms with Crippen molar-refractivity contribution in [1.82, 2.24) is 0 Å². The molecule has 2 aliphatic rings. The zero-order chi connectivity index (χ0) is 24.9. The molecule has 1 spiro atoms. The molecule has 9 heteroatoms. The number of rotatable bonds is 9. The molecule has 1 saturated carbocycles. The second-order valence-electron chi connectivity index (χ2n) is 9.13. The molecule has 2 fully saturated rings. The Kier molecular flexibility index (Phi) is 8.22. The van der Waals surface area contributed by atoms with Crippen LogP contribution in [0.1, 0.15) is 70.8 Å². The normalized spacial score (nSPS) is 28.4. The number of aliphatic hydroxyl groups excluding tert-OH is 2. The maximum Gasteiger partial charge on any atom is 0.341 e. The molecule has 0 unspecified atom stereocenters. The predicted molar refractivity (Wildman–Crippen MR) is 122 cm³/mol. The molecule has 4 atom stereocenters. The third-order valence-electron chi connectivity index (χ3n) is 6.38. The van der Waals surface area contributed by atoms with Crippen LogP contribution in [-0.4, -0.2) is 62.1 Å². The van der Waals surface area contributed by atoms with Gasteiger partial charge in [-0.3, -0.25) is 0 Å². The summed E-state index contributed by atoms with van der Waals surface area (Å²) in [6.07, 6.45) is 2.71. The molecule has 1 heterocycles. The molecule has 9 nitrogen and oxygen atoms in total. The predicted octanol–water partition coefficient (Wildman–Crippen LogP) is 2.93. The highest BCUT2D eigenvalue weighted by atomic mass is 16.8. The standard InChI is InChI=1S/C25H34O9/c1-3-5-11-25(12-6-4-2)33-23(31)24(34-25)14-19(28)22(30)20(15-24)32-21(29)10-8-16-7-9-17(26)18(27)13-16/h7-10,13,19-20,22,26-28,30H,3-6,11-12,14-15H2,1-2H3/b10-8+/t19-,20-,22+,24-/m1/s1.